The van der Waals surface area contributed by atoms with Crippen molar-refractivity contribution in [1.29, 1.82) is 0 Å². The molecule has 1 unspecified atom stereocenters. The number of thioether (sulfide) groups is 1. The lowest BCUT2D eigenvalue weighted by Gasteiger charge is -2.11. The lowest BCUT2D eigenvalue weighted by molar-refractivity contribution is -0.119. The highest BCUT2D eigenvalue weighted by Gasteiger charge is 2.16. The van der Waals surface area contributed by atoms with Gasteiger partial charge in [-0.25, -0.2) is 0 Å². The molecule has 104 valence electrons. The number of hydrogen-bond acceptors (Lipinski definition) is 4. The van der Waals surface area contributed by atoms with Gasteiger partial charge in [0.05, 0.1) is 11.9 Å². The number of benzene rings is 1. The molecule has 1 amide bonds. The zero-order valence-corrected chi connectivity index (χ0v) is 12.0. The summed E-state index contributed by atoms with van der Waals surface area (Å²) >= 11 is 1.47. The lowest BCUT2D eigenvalue weighted by Crippen LogP contribution is -2.32. The van der Waals surface area contributed by atoms with E-state index in [1.165, 1.54) is 11.8 Å². The van der Waals surface area contributed by atoms with Crippen LogP contribution in [0.4, 0.5) is 5.69 Å². The quantitative estimate of drug-likeness (QED) is 0.639. The number of anilines is 1. The second-order valence-corrected chi connectivity index (χ2v) is 5.79. The minimum absolute atomic E-state index is 0.0282. The van der Waals surface area contributed by atoms with Crippen molar-refractivity contribution in [2.45, 2.75) is 30.8 Å². The molecule has 1 fully saturated rings. The molecular weight excluding hydrogens is 260 g/mol. The van der Waals surface area contributed by atoms with Crippen LogP contribution in [-0.4, -0.2) is 30.9 Å². The number of nitrogen functional groups attached to an aromatic ring is 1. The first kappa shape index (κ1) is 14.2. The van der Waals surface area contributed by atoms with Gasteiger partial charge in [-0.05, 0) is 37.5 Å². The zero-order chi connectivity index (χ0) is 13.7. The Morgan fingerprint density at radius 2 is 2.42 bits per heavy atom. The van der Waals surface area contributed by atoms with Crippen LogP contribution in [0.15, 0.2) is 23.1 Å². The minimum atomic E-state index is 0.0282. The molecule has 1 aliphatic rings. The van der Waals surface area contributed by atoms with E-state index < -0.39 is 0 Å². The van der Waals surface area contributed by atoms with E-state index in [-0.39, 0.29) is 12.0 Å². The molecule has 1 aromatic carbocycles. The second-order valence-electron chi connectivity index (χ2n) is 4.77. The molecule has 1 aliphatic heterocycles. The number of amides is 1. The van der Waals surface area contributed by atoms with Gasteiger partial charge in [-0.1, -0.05) is 6.07 Å². The van der Waals surface area contributed by atoms with Crippen molar-refractivity contribution < 1.29 is 9.53 Å². The van der Waals surface area contributed by atoms with Crippen LogP contribution in [0.2, 0.25) is 0 Å². The number of rotatable bonds is 5. The maximum Gasteiger partial charge on any atom is 0.230 e. The summed E-state index contributed by atoms with van der Waals surface area (Å²) in [5, 5.41) is 2.90. The smallest absolute Gasteiger partial charge is 0.230 e. The predicted octanol–water partition coefficient (Wildman–Crippen LogP) is 1.96. The van der Waals surface area contributed by atoms with E-state index in [0.717, 1.165) is 35.6 Å². The Morgan fingerprint density at radius 1 is 1.58 bits per heavy atom. The number of carbonyl (C=O) groups is 1. The zero-order valence-electron chi connectivity index (χ0n) is 11.1. The summed E-state index contributed by atoms with van der Waals surface area (Å²) in [6.45, 7) is 3.43. The monoisotopic (exact) mass is 280 g/mol. The van der Waals surface area contributed by atoms with Gasteiger partial charge in [0.1, 0.15) is 0 Å². The van der Waals surface area contributed by atoms with Crippen LogP contribution in [0, 0.1) is 6.92 Å². The topological polar surface area (TPSA) is 64.3 Å². The van der Waals surface area contributed by atoms with Gasteiger partial charge in [-0.2, -0.15) is 0 Å². The van der Waals surface area contributed by atoms with Crippen molar-refractivity contribution in [3.8, 4) is 0 Å². The summed E-state index contributed by atoms with van der Waals surface area (Å²) in [6, 6.07) is 5.89. The van der Waals surface area contributed by atoms with E-state index in [1.807, 2.05) is 25.1 Å². The molecule has 0 bridgehead atoms. The summed E-state index contributed by atoms with van der Waals surface area (Å²) in [6.07, 6.45) is 2.33. The molecule has 4 nitrogen and oxygen atoms in total. The largest absolute Gasteiger partial charge is 0.398 e. The molecule has 19 heavy (non-hydrogen) atoms. The number of carbonyl (C=O) groups excluding carboxylic acids is 1. The molecule has 1 aromatic rings. The molecule has 3 N–H and O–H groups in total. The predicted molar refractivity (Wildman–Crippen MR) is 78.3 cm³/mol. The van der Waals surface area contributed by atoms with Crippen molar-refractivity contribution in [2.24, 2.45) is 0 Å². The van der Waals surface area contributed by atoms with Crippen LogP contribution in [0.3, 0.4) is 0 Å². The third-order valence-corrected chi connectivity index (χ3v) is 4.16. The Kier molecular flexibility index (Phi) is 5.10. The SMILES string of the molecule is Cc1ccc(SCC(=O)NCC2CCCO2)c(N)c1. The number of nitrogens with two attached hydrogens (primary N) is 1. The molecule has 0 radical (unpaired) electrons. The molecule has 2 rings (SSSR count). The van der Waals surface area contributed by atoms with Gasteiger partial charge in [-0.3, -0.25) is 4.79 Å². The van der Waals surface area contributed by atoms with Crippen LogP contribution >= 0.6 is 11.8 Å². The highest BCUT2D eigenvalue weighted by molar-refractivity contribution is 8.00. The van der Waals surface area contributed by atoms with E-state index in [4.69, 9.17) is 10.5 Å². The summed E-state index contributed by atoms with van der Waals surface area (Å²) in [7, 11) is 0. The van der Waals surface area contributed by atoms with E-state index in [2.05, 4.69) is 5.32 Å². The molecule has 1 saturated heterocycles. The third kappa shape index (κ3) is 4.44. The number of ether oxygens (including phenoxy) is 1. The lowest BCUT2D eigenvalue weighted by atomic mass is 10.2. The molecule has 1 heterocycles. The third-order valence-electron chi connectivity index (χ3n) is 3.07. The van der Waals surface area contributed by atoms with Crippen LogP contribution in [-0.2, 0) is 9.53 Å². The summed E-state index contributed by atoms with van der Waals surface area (Å²) in [4.78, 5) is 12.7. The summed E-state index contributed by atoms with van der Waals surface area (Å²) in [5.74, 6) is 0.417. The fourth-order valence-corrected chi connectivity index (χ4v) is 2.81. The van der Waals surface area contributed by atoms with E-state index in [9.17, 15) is 4.79 Å². The van der Waals surface area contributed by atoms with Gasteiger partial charge in [0.25, 0.3) is 0 Å². The molecule has 0 spiro atoms. The molecule has 0 aromatic heterocycles. The number of nitrogens with one attached hydrogen (secondary N) is 1. The van der Waals surface area contributed by atoms with Crippen LogP contribution in [0.1, 0.15) is 18.4 Å². The molecular formula is C14H20N2O2S. The number of hydrogen-bond donors (Lipinski definition) is 2. The maximum atomic E-state index is 11.7. The minimum Gasteiger partial charge on any atom is -0.398 e. The maximum absolute atomic E-state index is 11.7. The Morgan fingerprint density at radius 3 is 3.11 bits per heavy atom. The Hall–Kier alpha value is -1.20. The molecule has 5 heteroatoms. The van der Waals surface area contributed by atoms with Crippen molar-refractivity contribution in [3.63, 3.8) is 0 Å². The van der Waals surface area contributed by atoms with Gasteiger partial charge >= 0.3 is 0 Å². The first-order valence-electron chi connectivity index (χ1n) is 6.52. The summed E-state index contributed by atoms with van der Waals surface area (Å²) in [5.41, 5.74) is 7.77. The molecule has 0 aliphatic carbocycles. The average Bonchev–Trinajstić information content (AvgIpc) is 2.88. The number of aryl methyl sites for hydroxylation is 1. The van der Waals surface area contributed by atoms with Gasteiger partial charge < -0.3 is 15.8 Å². The van der Waals surface area contributed by atoms with Crippen LogP contribution in [0.25, 0.3) is 0 Å². The second kappa shape index (κ2) is 6.82. The van der Waals surface area contributed by atoms with Gasteiger partial charge in [0.2, 0.25) is 5.91 Å². The normalized spacial score (nSPS) is 18.5. The van der Waals surface area contributed by atoms with E-state index >= 15 is 0 Å². The van der Waals surface area contributed by atoms with Crippen LogP contribution < -0.4 is 11.1 Å². The average molecular weight is 280 g/mol. The van der Waals surface area contributed by atoms with Gasteiger partial charge in [0, 0.05) is 23.7 Å². The van der Waals surface area contributed by atoms with Crippen LogP contribution in [0.5, 0.6) is 0 Å². The van der Waals surface area contributed by atoms with E-state index in [1.54, 1.807) is 0 Å². The van der Waals surface area contributed by atoms with Crippen molar-refractivity contribution in [3.05, 3.63) is 23.8 Å². The fourth-order valence-electron chi connectivity index (χ4n) is 2.03. The van der Waals surface area contributed by atoms with Gasteiger partial charge in [0.15, 0.2) is 0 Å². The summed E-state index contributed by atoms with van der Waals surface area (Å²) < 4.78 is 5.46. The Labute approximate surface area is 118 Å². The van der Waals surface area contributed by atoms with Crippen molar-refractivity contribution >= 4 is 23.4 Å². The standard InChI is InChI=1S/C14H20N2O2S/c1-10-4-5-13(12(15)7-10)19-9-14(17)16-8-11-3-2-6-18-11/h4-5,7,11H,2-3,6,8-9,15H2,1H3,(H,16,17). The Bertz CT molecular complexity index is 445. The van der Waals surface area contributed by atoms with Crippen molar-refractivity contribution in [1.82, 2.24) is 5.32 Å². The van der Waals surface area contributed by atoms with E-state index in [0.29, 0.717) is 12.3 Å². The molecule has 0 saturated carbocycles. The highest BCUT2D eigenvalue weighted by Crippen LogP contribution is 2.25. The fraction of sp³-hybridized carbons (Fsp3) is 0.500. The molecule has 1 atom stereocenters. The first-order valence-corrected chi connectivity index (χ1v) is 7.51. The Balaban J connectivity index is 1.73. The van der Waals surface area contributed by atoms with Crippen molar-refractivity contribution in [2.75, 3.05) is 24.6 Å². The van der Waals surface area contributed by atoms with Gasteiger partial charge in [-0.15, -0.1) is 11.8 Å². The first-order chi connectivity index (χ1) is 9.15. The highest BCUT2D eigenvalue weighted by atomic mass is 32.2.